The molecule has 0 aromatic carbocycles. The molecule has 0 amide bonds. The predicted molar refractivity (Wildman–Crippen MR) is 73.6 cm³/mol. The highest BCUT2D eigenvalue weighted by Crippen LogP contribution is 2.28. The lowest BCUT2D eigenvalue weighted by Crippen LogP contribution is -2.61. The van der Waals surface area contributed by atoms with Crippen molar-refractivity contribution in [1.29, 1.82) is 0 Å². The Balaban J connectivity index is 0.00000106. The van der Waals surface area contributed by atoms with Gasteiger partial charge in [-0.3, -0.25) is 0 Å². The van der Waals surface area contributed by atoms with Gasteiger partial charge in [-0.2, -0.15) is 0 Å². The molecule has 2 nitrogen and oxygen atoms in total. The first kappa shape index (κ1) is 15.5. The molecule has 1 heterocycles. The van der Waals surface area contributed by atoms with Crippen molar-refractivity contribution >= 4 is 0 Å². The van der Waals surface area contributed by atoms with Crippen molar-refractivity contribution in [3.63, 3.8) is 0 Å². The SMILES string of the molecule is C=C(C)NC1CC(C)(C)NC(C)(C)C1.CC. The Kier molecular flexibility index (Phi) is 5.54. The number of hydrogen-bond acceptors (Lipinski definition) is 2. The topological polar surface area (TPSA) is 24.1 Å². The van der Waals surface area contributed by atoms with Gasteiger partial charge < -0.3 is 10.6 Å². The highest BCUT2D eigenvalue weighted by Gasteiger charge is 2.37. The Hall–Kier alpha value is -0.500. The molecule has 1 fully saturated rings. The van der Waals surface area contributed by atoms with Gasteiger partial charge >= 0.3 is 0 Å². The minimum atomic E-state index is 0.217. The summed E-state index contributed by atoms with van der Waals surface area (Å²) in [7, 11) is 0. The summed E-state index contributed by atoms with van der Waals surface area (Å²) in [6, 6.07) is 0.554. The lowest BCUT2D eigenvalue weighted by atomic mass is 9.79. The molecule has 0 spiro atoms. The molecule has 1 rings (SSSR count). The van der Waals surface area contributed by atoms with Crippen LogP contribution in [0.4, 0.5) is 0 Å². The molecule has 0 saturated carbocycles. The average Bonchev–Trinajstić information content (AvgIpc) is 1.99. The van der Waals surface area contributed by atoms with Gasteiger partial charge in [-0.25, -0.2) is 0 Å². The number of rotatable bonds is 2. The van der Waals surface area contributed by atoms with Crippen LogP contribution < -0.4 is 10.6 Å². The van der Waals surface area contributed by atoms with E-state index in [9.17, 15) is 0 Å². The number of hydrogen-bond donors (Lipinski definition) is 2. The van der Waals surface area contributed by atoms with E-state index in [0.29, 0.717) is 6.04 Å². The maximum absolute atomic E-state index is 3.91. The molecular formula is C14H30N2. The van der Waals surface area contributed by atoms with Crippen molar-refractivity contribution in [2.75, 3.05) is 0 Å². The van der Waals surface area contributed by atoms with E-state index in [2.05, 4.69) is 44.9 Å². The monoisotopic (exact) mass is 226 g/mol. The molecule has 16 heavy (non-hydrogen) atoms. The van der Waals surface area contributed by atoms with Crippen molar-refractivity contribution in [2.45, 2.75) is 78.4 Å². The Bertz CT molecular complexity index is 213. The fourth-order valence-corrected chi connectivity index (χ4v) is 2.77. The molecule has 2 N–H and O–H groups in total. The fraction of sp³-hybridized carbons (Fsp3) is 0.857. The number of nitrogens with one attached hydrogen (secondary N) is 2. The van der Waals surface area contributed by atoms with E-state index in [-0.39, 0.29) is 11.1 Å². The Morgan fingerprint density at radius 2 is 1.50 bits per heavy atom. The van der Waals surface area contributed by atoms with E-state index in [1.807, 2.05) is 20.8 Å². The summed E-state index contributed by atoms with van der Waals surface area (Å²) in [6.45, 7) is 19.0. The fourth-order valence-electron chi connectivity index (χ4n) is 2.77. The molecule has 96 valence electrons. The first-order valence-electron chi connectivity index (χ1n) is 6.42. The first-order valence-corrected chi connectivity index (χ1v) is 6.42. The van der Waals surface area contributed by atoms with Crippen molar-refractivity contribution in [1.82, 2.24) is 10.6 Å². The molecule has 0 aliphatic carbocycles. The zero-order valence-corrected chi connectivity index (χ0v) is 12.2. The summed E-state index contributed by atoms with van der Waals surface area (Å²) >= 11 is 0. The maximum atomic E-state index is 3.91. The van der Waals surface area contributed by atoms with Gasteiger partial charge in [0.1, 0.15) is 0 Å². The van der Waals surface area contributed by atoms with E-state index in [4.69, 9.17) is 0 Å². The van der Waals surface area contributed by atoms with Crippen molar-refractivity contribution in [3.05, 3.63) is 12.3 Å². The molecular weight excluding hydrogens is 196 g/mol. The van der Waals surface area contributed by atoms with E-state index >= 15 is 0 Å². The predicted octanol–water partition coefficient (Wildman–Crippen LogP) is 3.45. The Morgan fingerprint density at radius 3 is 1.81 bits per heavy atom. The second-order valence-electron chi connectivity index (χ2n) is 5.92. The van der Waals surface area contributed by atoms with Crippen LogP contribution in [-0.2, 0) is 0 Å². The third-order valence-electron chi connectivity index (χ3n) is 2.64. The summed E-state index contributed by atoms with van der Waals surface area (Å²) in [6.07, 6.45) is 2.31. The van der Waals surface area contributed by atoms with E-state index < -0.39 is 0 Å². The van der Waals surface area contributed by atoms with Crippen molar-refractivity contribution < 1.29 is 0 Å². The van der Waals surface area contributed by atoms with E-state index in [1.54, 1.807) is 0 Å². The van der Waals surface area contributed by atoms with Crippen molar-refractivity contribution in [3.8, 4) is 0 Å². The van der Waals surface area contributed by atoms with Crippen LogP contribution in [-0.4, -0.2) is 17.1 Å². The van der Waals surface area contributed by atoms with Crippen LogP contribution in [0.5, 0.6) is 0 Å². The number of piperidine rings is 1. The molecule has 0 atom stereocenters. The minimum Gasteiger partial charge on any atom is -0.386 e. The van der Waals surface area contributed by atoms with Gasteiger partial charge in [-0.05, 0) is 47.5 Å². The second-order valence-corrected chi connectivity index (χ2v) is 5.92. The van der Waals surface area contributed by atoms with E-state index in [1.165, 1.54) is 0 Å². The Labute approximate surface area is 102 Å². The van der Waals surface area contributed by atoms with Crippen molar-refractivity contribution in [2.24, 2.45) is 0 Å². The second kappa shape index (κ2) is 5.72. The van der Waals surface area contributed by atoms with E-state index in [0.717, 1.165) is 18.5 Å². The molecule has 2 heteroatoms. The minimum absolute atomic E-state index is 0.217. The molecule has 0 radical (unpaired) electrons. The van der Waals surface area contributed by atoms with Gasteiger partial charge in [0, 0.05) is 22.8 Å². The molecule has 0 aromatic rings. The van der Waals surface area contributed by atoms with Crippen LogP contribution in [0, 0.1) is 0 Å². The molecule has 1 aliphatic heterocycles. The molecule has 1 aliphatic rings. The summed E-state index contributed by atoms with van der Waals surface area (Å²) in [5.74, 6) is 0. The maximum Gasteiger partial charge on any atom is 0.0292 e. The van der Waals surface area contributed by atoms with Crippen LogP contribution in [0.2, 0.25) is 0 Å². The van der Waals surface area contributed by atoms with Gasteiger partial charge in [-0.1, -0.05) is 20.4 Å². The normalized spacial score (nSPS) is 22.9. The average molecular weight is 226 g/mol. The standard InChI is InChI=1S/C12H24N2.C2H6/c1-9(2)13-10-7-11(3,4)14-12(5,6)8-10;1-2/h10,13-14H,1,7-8H2,2-6H3;1-2H3. The number of allylic oxidation sites excluding steroid dienone is 1. The zero-order valence-electron chi connectivity index (χ0n) is 12.2. The van der Waals surface area contributed by atoms with Crippen LogP contribution in [0.15, 0.2) is 12.3 Å². The van der Waals surface area contributed by atoms with Crippen LogP contribution in [0.1, 0.15) is 61.3 Å². The molecule has 0 unspecified atom stereocenters. The zero-order chi connectivity index (χ0) is 13.0. The summed E-state index contributed by atoms with van der Waals surface area (Å²) < 4.78 is 0. The molecule has 1 saturated heterocycles. The lowest BCUT2D eigenvalue weighted by molar-refractivity contribution is 0.151. The quantitative estimate of drug-likeness (QED) is 0.753. The van der Waals surface area contributed by atoms with Crippen LogP contribution in [0.3, 0.4) is 0 Å². The molecule has 0 aromatic heterocycles. The molecule has 0 bridgehead atoms. The highest BCUT2D eigenvalue weighted by atomic mass is 15.1. The van der Waals surface area contributed by atoms with Gasteiger partial charge in [-0.15, -0.1) is 0 Å². The smallest absolute Gasteiger partial charge is 0.0292 e. The third kappa shape index (κ3) is 5.55. The summed E-state index contributed by atoms with van der Waals surface area (Å²) in [5, 5.41) is 7.12. The van der Waals surface area contributed by atoms with Gasteiger partial charge in [0.2, 0.25) is 0 Å². The van der Waals surface area contributed by atoms with Gasteiger partial charge in [0.05, 0.1) is 0 Å². The lowest BCUT2D eigenvalue weighted by Gasteiger charge is -2.47. The largest absolute Gasteiger partial charge is 0.386 e. The first-order chi connectivity index (χ1) is 7.20. The highest BCUT2D eigenvalue weighted by molar-refractivity contribution is 5.02. The summed E-state index contributed by atoms with van der Waals surface area (Å²) in [4.78, 5) is 0. The van der Waals surface area contributed by atoms with Gasteiger partial charge in [0.15, 0.2) is 0 Å². The Morgan fingerprint density at radius 1 is 1.12 bits per heavy atom. The third-order valence-corrected chi connectivity index (χ3v) is 2.64. The van der Waals surface area contributed by atoms with Crippen LogP contribution >= 0.6 is 0 Å². The van der Waals surface area contributed by atoms with Gasteiger partial charge in [0.25, 0.3) is 0 Å². The summed E-state index contributed by atoms with van der Waals surface area (Å²) in [5.41, 5.74) is 1.51. The van der Waals surface area contributed by atoms with Crippen LogP contribution in [0.25, 0.3) is 0 Å².